The molecule has 1 rings (SSSR count). The highest BCUT2D eigenvalue weighted by molar-refractivity contribution is 6.32. The molecule has 0 bridgehead atoms. The fourth-order valence-electron chi connectivity index (χ4n) is 0.792. The summed E-state index contributed by atoms with van der Waals surface area (Å²) in [6, 6.07) is 1.72. The van der Waals surface area contributed by atoms with E-state index >= 15 is 0 Å². The molecule has 3 heteroatoms. The van der Waals surface area contributed by atoms with Crippen LogP contribution < -0.4 is 5.46 Å². The van der Waals surface area contributed by atoms with E-state index in [1.54, 1.807) is 32.3 Å². The first-order valence-electron chi connectivity index (χ1n) is 3.43. The Balaban J connectivity index is 3.06. The SMILES string of the molecule is [B]c1cncc(C(C)(C)O)c1. The highest BCUT2D eigenvalue weighted by atomic mass is 16.3. The summed E-state index contributed by atoms with van der Waals surface area (Å²) >= 11 is 0. The molecule has 1 aromatic rings. The average molecular weight is 147 g/mol. The minimum atomic E-state index is -0.859. The van der Waals surface area contributed by atoms with Gasteiger partial charge in [-0.25, -0.2) is 0 Å². The minimum Gasteiger partial charge on any atom is -0.386 e. The van der Waals surface area contributed by atoms with Gasteiger partial charge in [-0.1, -0.05) is 11.5 Å². The van der Waals surface area contributed by atoms with E-state index in [1.807, 2.05) is 0 Å². The third-order valence-corrected chi connectivity index (χ3v) is 1.47. The molecule has 1 heterocycles. The van der Waals surface area contributed by atoms with Crippen LogP contribution in [-0.4, -0.2) is 17.9 Å². The number of hydrogen-bond donors (Lipinski definition) is 1. The Labute approximate surface area is 67.7 Å². The summed E-state index contributed by atoms with van der Waals surface area (Å²) in [5.74, 6) is 0. The summed E-state index contributed by atoms with van der Waals surface area (Å²) in [6.45, 7) is 3.40. The molecule has 1 aromatic heterocycles. The molecule has 11 heavy (non-hydrogen) atoms. The third kappa shape index (κ3) is 2.05. The number of aromatic nitrogens is 1. The minimum absolute atomic E-state index is 0.574. The van der Waals surface area contributed by atoms with Gasteiger partial charge in [0, 0.05) is 18.0 Å². The van der Waals surface area contributed by atoms with Crippen LogP contribution in [-0.2, 0) is 5.60 Å². The summed E-state index contributed by atoms with van der Waals surface area (Å²) in [4.78, 5) is 3.87. The van der Waals surface area contributed by atoms with Crippen LogP contribution in [0, 0.1) is 0 Å². The van der Waals surface area contributed by atoms with Crippen LogP contribution in [0.1, 0.15) is 19.4 Å². The van der Waals surface area contributed by atoms with Crippen molar-refractivity contribution in [2.24, 2.45) is 0 Å². The van der Waals surface area contributed by atoms with E-state index in [1.165, 1.54) is 0 Å². The first-order chi connectivity index (χ1) is 5.00. The van der Waals surface area contributed by atoms with Crippen molar-refractivity contribution in [2.45, 2.75) is 19.4 Å². The fraction of sp³-hybridized carbons (Fsp3) is 0.375. The van der Waals surface area contributed by atoms with Gasteiger partial charge in [0.1, 0.15) is 7.85 Å². The first kappa shape index (κ1) is 8.27. The van der Waals surface area contributed by atoms with Gasteiger partial charge in [-0.05, 0) is 13.8 Å². The van der Waals surface area contributed by atoms with Crippen molar-refractivity contribution in [1.82, 2.24) is 4.98 Å². The van der Waals surface area contributed by atoms with Gasteiger partial charge >= 0.3 is 0 Å². The molecule has 0 saturated heterocycles. The van der Waals surface area contributed by atoms with Crippen LogP contribution in [0.3, 0.4) is 0 Å². The molecular weight excluding hydrogens is 137 g/mol. The van der Waals surface area contributed by atoms with Crippen molar-refractivity contribution < 1.29 is 5.11 Å². The monoisotopic (exact) mass is 147 g/mol. The molecular formula is C8H10BNO. The van der Waals surface area contributed by atoms with Crippen LogP contribution in [0.15, 0.2) is 18.5 Å². The Kier molecular flexibility index (Phi) is 2.00. The zero-order valence-corrected chi connectivity index (χ0v) is 6.70. The molecule has 0 unspecified atom stereocenters. The van der Waals surface area contributed by atoms with E-state index in [0.717, 1.165) is 5.56 Å². The first-order valence-corrected chi connectivity index (χ1v) is 3.43. The van der Waals surface area contributed by atoms with E-state index in [-0.39, 0.29) is 0 Å². The second-order valence-corrected chi connectivity index (χ2v) is 3.07. The lowest BCUT2D eigenvalue weighted by Crippen LogP contribution is -2.18. The standard InChI is InChI=1S/C8H10BNO/c1-8(2,11)6-3-7(9)5-10-4-6/h3-5,11H,1-2H3. The van der Waals surface area contributed by atoms with Gasteiger partial charge < -0.3 is 5.11 Å². The molecule has 0 saturated carbocycles. The third-order valence-electron chi connectivity index (χ3n) is 1.47. The van der Waals surface area contributed by atoms with Gasteiger partial charge in [-0.15, -0.1) is 0 Å². The summed E-state index contributed by atoms with van der Waals surface area (Å²) < 4.78 is 0. The van der Waals surface area contributed by atoms with Crippen molar-refractivity contribution >= 4 is 13.3 Å². The highest BCUT2D eigenvalue weighted by Crippen LogP contribution is 2.16. The molecule has 0 aliphatic rings. The quantitative estimate of drug-likeness (QED) is 0.571. The van der Waals surface area contributed by atoms with Crippen LogP contribution >= 0.6 is 0 Å². The summed E-state index contributed by atoms with van der Waals surface area (Å²) in [6.07, 6.45) is 3.16. The second-order valence-electron chi connectivity index (χ2n) is 3.07. The van der Waals surface area contributed by atoms with E-state index < -0.39 is 5.60 Å². The Morgan fingerprint density at radius 2 is 2.09 bits per heavy atom. The van der Waals surface area contributed by atoms with Gasteiger partial charge in [-0.3, -0.25) is 4.98 Å². The molecule has 0 aliphatic carbocycles. The number of aliphatic hydroxyl groups is 1. The molecule has 56 valence electrons. The van der Waals surface area contributed by atoms with E-state index in [0.29, 0.717) is 5.46 Å². The Hall–Kier alpha value is -0.825. The smallest absolute Gasteiger partial charge is 0.115 e. The number of hydrogen-bond acceptors (Lipinski definition) is 2. The zero-order chi connectivity index (χ0) is 8.48. The maximum atomic E-state index is 9.52. The number of rotatable bonds is 1. The maximum Gasteiger partial charge on any atom is 0.115 e. The molecule has 0 spiro atoms. The molecule has 2 nitrogen and oxygen atoms in total. The van der Waals surface area contributed by atoms with Gasteiger partial charge in [0.25, 0.3) is 0 Å². The van der Waals surface area contributed by atoms with Crippen molar-refractivity contribution in [3.8, 4) is 0 Å². The van der Waals surface area contributed by atoms with Crippen molar-refractivity contribution in [2.75, 3.05) is 0 Å². The average Bonchev–Trinajstić information content (AvgIpc) is 1.86. The van der Waals surface area contributed by atoms with E-state index in [2.05, 4.69) is 4.98 Å². The largest absolute Gasteiger partial charge is 0.386 e. The van der Waals surface area contributed by atoms with E-state index in [4.69, 9.17) is 7.85 Å². The van der Waals surface area contributed by atoms with Crippen LogP contribution in [0.4, 0.5) is 0 Å². The summed E-state index contributed by atoms with van der Waals surface area (Å²) in [5.41, 5.74) is 0.449. The fourth-order valence-corrected chi connectivity index (χ4v) is 0.792. The Morgan fingerprint density at radius 3 is 2.45 bits per heavy atom. The maximum absolute atomic E-state index is 9.52. The summed E-state index contributed by atoms with van der Waals surface area (Å²) in [5, 5.41) is 9.52. The molecule has 0 atom stereocenters. The van der Waals surface area contributed by atoms with Gasteiger partial charge in [-0.2, -0.15) is 0 Å². The van der Waals surface area contributed by atoms with Crippen LogP contribution in [0.25, 0.3) is 0 Å². The Bertz CT molecular complexity index is 255. The number of pyridine rings is 1. The lowest BCUT2D eigenvalue weighted by atomic mass is 9.92. The van der Waals surface area contributed by atoms with Crippen LogP contribution in [0.5, 0.6) is 0 Å². The predicted molar refractivity (Wildman–Crippen MR) is 44.9 cm³/mol. The van der Waals surface area contributed by atoms with Crippen LogP contribution in [0.2, 0.25) is 0 Å². The molecule has 2 radical (unpaired) electrons. The topological polar surface area (TPSA) is 33.1 Å². The molecule has 0 aliphatic heterocycles. The van der Waals surface area contributed by atoms with Gasteiger partial charge in [0.05, 0.1) is 5.60 Å². The van der Waals surface area contributed by atoms with Gasteiger partial charge in [0.15, 0.2) is 0 Å². The predicted octanol–water partition coefficient (Wildman–Crippen LogP) is 0.103. The molecule has 0 amide bonds. The lowest BCUT2D eigenvalue weighted by Gasteiger charge is -2.17. The normalized spacial score (nSPS) is 11.5. The number of nitrogens with zero attached hydrogens (tertiary/aromatic N) is 1. The molecule has 0 fully saturated rings. The zero-order valence-electron chi connectivity index (χ0n) is 6.70. The van der Waals surface area contributed by atoms with Gasteiger partial charge in [0.2, 0.25) is 0 Å². The Morgan fingerprint density at radius 1 is 1.45 bits per heavy atom. The molecule has 1 N–H and O–H groups in total. The molecule has 0 aromatic carbocycles. The summed E-state index contributed by atoms with van der Waals surface area (Å²) in [7, 11) is 5.48. The van der Waals surface area contributed by atoms with Crippen molar-refractivity contribution in [3.63, 3.8) is 0 Å². The van der Waals surface area contributed by atoms with E-state index in [9.17, 15) is 5.11 Å². The van der Waals surface area contributed by atoms with Crippen molar-refractivity contribution in [3.05, 3.63) is 24.0 Å². The lowest BCUT2D eigenvalue weighted by molar-refractivity contribution is 0.0783. The second kappa shape index (κ2) is 2.66. The highest BCUT2D eigenvalue weighted by Gasteiger charge is 2.15. The van der Waals surface area contributed by atoms with Crippen molar-refractivity contribution in [1.29, 1.82) is 0 Å².